The summed E-state index contributed by atoms with van der Waals surface area (Å²) in [5, 5.41) is 5.76. The Morgan fingerprint density at radius 3 is 2.38 bits per heavy atom. The molecule has 18 heteroatoms. The third-order valence-corrected chi connectivity index (χ3v) is 16.0. The first-order valence-electron chi connectivity index (χ1n) is 24.8. The normalized spacial score (nSPS) is 23.2. The third kappa shape index (κ3) is 9.39. The molecule has 2 unspecified atom stereocenters. The first-order chi connectivity index (χ1) is 34.3. The molecule has 15 nitrogen and oxygen atoms in total. The molecule has 0 bridgehead atoms. The smallest absolute Gasteiger partial charge is 0.328 e. The standard InChI is InChI=1S/C53H59ClF2N8O7/c1-31-44-42(29-38(55)47(54)46(44)45-37(49(57)66)13-15-41(69-2)48(45)56)71-53(31,34-6-4-3-5-7-34)30-58-35-10-8-33(9-11-35)50(67)62-21-17-32(18-22-62)16-20-61-24-26-63(27-25-61)52-59-39-28-36(12-14-40(39)70-52)64-23-19-43(65)60-51(64)68/h3-7,12-15,28-29,31-33,35,58H,8-11,16-27,30H2,1-2H3,(H2,57,66)(H,60,65,68). The summed E-state index contributed by atoms with van der Waals surface area (Å²) >= 11 is 6.70. The van der Waals surface area contributed by atoms with Gasteiger partial charge in [0.2, 0.25) is 17.7 Å². The summed E-state index contributed by atoms with van der Waals surface area (Å²) in [6, 6.07) is 19.2. The molecule has 4 aromatic carbocycles. The number of likely N-dealkylation sites (tertiary alicyclic amines) is 1. The number of aromatic nitrogens is 1. The van der Waals surface area contributed by atoms with E-state index in [1.165, 1.54) is 25.3 Å². The topological polar surface area (TPSA) is 176 Å². The van der Waals surface area contributed by atoms with Gasteiger partial charge in [0, 0.05) is 105 Å². The number of piperazine rings is 1. The zero-order chi connectivity index (χ0) is 49.6. The predicted octanol–water partition coefficient (Wildman–Crippen LogP) is 7.97. The maximum atomic E-state index is 16.2. The molecule has 0 radical (unpaired) electrons. The highest BCUT2D eigenvalue weighted by Gasteiger charge is 2.50. The van der Waals surface area contributed by atoms with Crippen molar-refractivity contribution in [2.45, 2.75) is 75.9 Å². The van der Waals surface area contributed by atoms with Crippen molar-refractivity contribution in [1.29, 1.82) is 0 Å². The van der Waals surface area contributed by atoms with Gasteiger partial charge in [0.1, 0.15) is 17.1 Å². The van der Waals surface area contributed by atoms with E-state index in [4.69, 9.17) is 36.2 Å². The van der Waals surface area contributed by atoms with Gasteiger partial charge in [-0.25, -0.2) is 13.6 Å². The van der Waals surface area contributed by atoms with Crippen molar-refractivity contribution < 1.29 is 41.8 Å². The number of nitrogens with one attached hydrogen (secondary N) is 2. The second kappa shape index (κ2) is 20.1. The number of ether oxygens (including phenoxy) is 2. The molecular weight excluding hydrogens is 934 g/mol. The molecule has 374 valence electrons. The Hall–Kier alpha value is -6.30. The van der Waals surface area contributed by atoms with Gasteiger partial charge in [0.05, 0.1) is 17.7 Å². The largest absolute Gasteiger partial charge is 0.494 e. The number of oxazole rings is 1. The van der Waals surface area contributed by atoms with Crippen molar-refractivity contribution in [2.24, 2.45) is 17.6 Å². The molecule has 4 fully saturated rings. The number of nitrogens with zero attached hydrogens (tertiary/aromatic N) is 5. The van der Waals surface area contributed by atoms with Crippen molar-refractivity contribution >= 4 is 58.2 Å². The van der Waals surface area contributed by atoms with Crippen molar-refractivity contribution in [2.75, 3.05) is 75.8 Å². The fourth-order valence-corrected chi connectivity index (χ4v) is 11.7. The van der Waals surface area contributed by atoms with Crippen LogP contribution in [0.2, 0.25) is 5.02 Å². The minimum absolute atomic E-state index is 0.00103. The van der Waals surface area contributed by atoms with Crippen LogP contribution in [-0.4, -0.2) is 111 Å². The van der Waals surface area contributed by atoms with Gasteiger partial charge in [-0.3, -0.25) is 29.5 Å². The number of rotatable bonds is 13. The summed E-state index contributed by atoms with van der Waals surface area (Å²) in [5.74, 6) is -2.57. The van der Waals surface area contributed by atoms with E-state index in [1.54, 1.807) is 4.90 Å². The van der Waals surface area contributed by atoms with E-state index < -0.39 is 35.1 Å². The summed E-state index contributed by atoms with van der Waals surface area (Å²) in [6.45, 7) is 8.52. The van der Waals surface area contributed by atoms with Crippen LogP contribution in [0.1, 0.15) is 85.7 Å². The number of piperidine rings is 1. The molecule has 1 aromatic heterocycles. The second-order valence-corrected chi connectivity index (χ2v) is 20.0. The minimum Gasteiger partial charge on any atom is -0.494 e. The summed E-state index contributed by atoms with van der Waals surface area (Å²) in [5.41, 5.74) is 7.55. The van der Waals surface area contributed by atoms with Gasteiger partial charge in [-0.2, -0.15) is 4.98 Å². The van der Waals surface area contributed by atoms with Crippen LogP contribution in [0.3, 0.4) is 0 Å². The molecule has 4 N–H and O–H groups in total. The number of urea groups is 1. The number of primary amides is 1. The fourth-order valence-electron chi connectivity index (χ4n) is 11.5. The van der Waals surface area contributed by atoms with Crippen LogP contribution < -0.4 is 35.6 Å². The van der Waals surface area contributed by atoms with Crippen LogP contribution in [0.15, 0.2) is 71.1 Å². The maximum absolute atomic E-state index is 16.2. The predicted molar refractivity (Wildman–Crippen MR) is 265 cm³/mol. The van der Waals surface area contributed by atoms with Gasteiger partial charge in [-0.15, -0.1) is 0 Å². The summed E-state index contributed by atoms with van der Waals surface area (Å²) in [4.78, 5) is 63.6. The Morgan fingerprint density at radius 2 is 1.68 bits per heavy atom. The highest BCUT2D eigenvalue weighted by Crippen LogP contribution is 2.56. The van der Waals surface area contributed by atoms with E-state index >= 15 is 8.78 Å². The average Bonchev–Trinajstić information content (AvgIpc) is 3.94. The minimum atomic E-state index is -1.07. The van der Waals surface area contributed by atoms with E-state index in [1.807, 2.05) is 55.5 Å². The van der Waals surface area contributed by atoms with E-state index in [0.717, 1.165) is 96.3 Å². The number of benzene rings is 4. The number of hydrogen-bond acceptors (Lipinski definition) is 11. The van der Waals surface area contributed by atoms with Crippen molar-refractivity contribution in [3.8, 4) is 22.6 Å². The lowest BCUT2D eigenvalue weighted by Crippen LogP contribution is -2.49. The number of carbonyl (C=O) groups is 4. The van der Waals surface area contributed by atoms with E-state index in [0.29, 0.717) is 47.4 Å². The van der Waals surface area contributed by atoms with Gasteiger partial charge in [-0.1, -0.05) is 48.9 Å². The van der Waals surface area contributed by atoms with Gasteiger partial charge in [-0.05, 0) is 93.3 Å². The second-order valence-electron chi connectivity index (χ2n) is 19.6. The summed E-state index contributed by atoms with van der Waals surface area (Å²) in [6.07, 6.45) is 6.45. The van der Waals surface area contributed by atoms with Crippen LogP contribution in [0.25, 0.3) is 22.2 Å². The number of imide groups is 1. The van der Waals surface area contributed by atoms with Crippen LogP contribution in [-0.2, 0) is 15.2 Å². The first kappa shape index (κ1) is 48.3. The van der Waals surface area contributed by atoms with Gasteiger partial charge < -0.3 is 34.7 Å². The molecule has 1 aliphatic carbocycles. The van der Waals surface area contributed by atoms with Crippen LogP contribution in [0.5, 0.6) is 11.5 Å². The average molecular weight is 994 g/mol. The zero-order valence-electron chi connectivity index (χ0n) is 40.0. The van der Waals surface area contributed by atoms with E-state index in [2.05, 4.69) is 25.3 Å². The number of methoxy groups -OCH3 is 1. The number of carbonyl (C=O) groups excluding carboxylic acids is 4. The monoisotopic (exact) mass is 992 g/mol. The van der Waals surface area contributed by atoms with Crippen molar-refractivity contribution in [3.63, 3.8) is 0 Å². The Morgan fingerprint density at radius 1 is 0.930 bits per heavy atom. The number of fused-ring (bicyclic) bond motifs is 2. The van der Waals surface area contributed by atoms with Crippen LogP contribution in [0, 0.1) is 23.5 Å². The Labute approximate surface area is 415 Å². The number of nitrogens with two attached hydrogens (primary N) is 1. The molecule has 5 amide bonds. The molecule has 3 saturated heterocycles. The summed E-state index contributed by atoms with van der Waals surface area (Å²) < 4.78 is 50.2. The first-order valence-corrected chi connectivity index (χ1v) is 25.1. The molecule has 4 aliphatic heterocycles. The molecule has 2 atom stereocenters. The Bertz CT molecular complexity index is 2840. The highest BCUT2D eigenvalue weighted by molar-refractivity contribution is 6.34. The third-order valence-electron chi connectivity index (χ3n) is 15.6. The fraction of sp³-hybridized carbons (Fsp3) is 0.453. The highest BCUT2D eigenvalue weighted by atomic mass is 35.5. The SMILES string of the molecule is COc1ccc(C(N)=O)c(-c2c(Cl)c(F)cc3c2C(C)C(CNC2CCC(C(=O)N4CCC(CCN5CCN(c6nc7cc(N8CCC(=O)NC8=O)ccc7o6)CC5)CC4)CC2)(c2ccccc2)O3)c1F. The quantitative estimate of drug-likeness (QED) is 0.104. The van der Waals surface area contributed by atoms with E-state index in [9.17, 15) is 19.2 Å². The van der Waals surface area contributed by atoms with Crippen molar-refractivity contribution in [1.82, 2.24) is 25.4 Å². The van der Waals surface area contributed by atoms with Crippen LogP contribution >= 0.6 is 11.6 Å². The molecule has 5 aromatic rings. The van der Waals surface area contributed by atoms with Gasteiger partial charge in [0.25, 0.3) is 6.01 Å². The molecule has 5 aliphatic rings. The lowest BCUT2D eigenvalue weighted by molar-refractivity contribution is -0.138. The lowest BCUT2D eigenvalue weighted by Gasteiger charge is -2.39. The lowest BCUT2D eigenvalue weighted by atomic mass is 9.77. The zero-order valence-corrected chi connectivity index (χ0v) is 40.7. The Kier molecular flexibility index (Phi) is 13.7. The molecule has 5 heterocycles. The van der Waals surface area contributed by atoms with E-state index in [-0.39, 0.29) is 63.4 Å². The van der Waals surface area contributed by atoms with Gasteiger partial charge in [0.15, 0.2) is 22.8 Å². The maximum Gasteiger partial charge on any atom is 0.328 e. The molecular formula is C53H59ClF2N8O7. The number of halogens is 3. The van der Waals surface area contributed by atoms with Gasteiger partial charge >= 0.3 is 6.03 Å². The molecule has 10 rings (SSSR count). The number of amides is 5. The van der Waals surface area contributed by atoms with Crippen molar-refractivity contribution in [3.05, 3.63) is 100 Å². The van der Waals surface area contributed by atoms with Crippen LogP contribution in [0.4, 0.5) is 25.3 Å². The molecule has 71 heavy (non-hydrogen) atoms. The molecule has 1 saturated carbocycles. The number of hydrogen-bond donors (Lipinski definition) is 3. The summed E-state index contributed by atoms with van der Waals surface area (Å²) in [7, 11) is 1.30. The molecule has 0 spiro atoms. The Balaban J connectivity index is 0.707. The number of anilines is 2.